The van der Waals surface area contributed by atoms with Gasteiger partial charge in [0.25, 0.3) is 0 Å². The summed E-state index contributed by atoms with van der Waals surface area (Å²) in [5, 5.41) is 14.4. The molecule has 0 aliphatic rings. The van der Waals surface area contributed by atoms with Crippen LogP contribution in [-0.4, -0.2) is 30.2 Å². The largest absolute Gasteiger partial charge is 0.349 e. The van der Waals surface area contributed by atoms with Gasteiger partial charge in [-0.2, -0.15) is 0 Å². The van der Waals surface area contributed by atoms with E-state index in [9.17, 15) is 0 Å². The van der Waals surface area contributed by atoms with E-state index < -0.39 is 0 Å². The molecule has 0 spiro atoms. The summed E-state index contributed by atoms with van der Waals surface area (Å²) in [6.45, 7) is 0. The molecule has 0 aliphatic heterocycles. The van der Waals surface area contributed by atoms with Gasteiger partial charge in [-0.25, -0.2) is 4.68 Å². The van der Waals surface area contributed by atoms with Gasteiger partial charge in [0, 0.05) is 19.7 Å². The Bertz CT molecular complexity index is 509. The zero-order valence-electron chi connectivity index (χ0n) is 10.1. The molecule has 0 fully saturated rings. The van der Waals surface area contributed by atoms with Gasteiger partial charge in [-0.1, -0.05) is 12.2 Å². The molecule has 18 heavy (non-hydrogen) atoms. The predicted molar refractivity (Wildman–Crippen MR) is 72.2 cm³/mol. The Balaban J connectivity index is 1.74. The summed E-state index contributed by atoms with van der Waals surface area (Å²) in [6, 6.07) is 3.81. The number of thiocarbonyl (C=S) groups is 1. The Kier molecular flexibility index (Phi) is 4.30. The van der Waals surface area contributed by atoms with Crippen molar-refractivity contribution in [2.45, 2.75) is 19.3 Å². The third-order valence-electron chi connectivity index (χ3n) is 2.46. The average molecular weight is 262 g/mol. The van der Waals surface area contributed by atoms with E-state index in [1.54, 1.807) is 17.1 Å². The Labute approximate surface area is 110 Å². The lowest BCUT2D eigenvalue weighted by Gasteiger charge is -2.06. The topological polar surface area (TPSA) is 68.5 Å². The number of hydrogen-bond donors (Lipinski definition) is 1. The number of aromatic nitrogens is 5. The second kappa shape index (κ2) is 6.15. The SMILES string of the molecule is Cn1nnnc1CCCC(=S)Nc1cccnc1. The van der Waals surface area contributed by atoms with Crippen LogP contribution in [0.3, 0.4) is 0 Å². The Morgan fingerprint density at radius 1 is 1.50 bits per heavy atom. The molecular formula is C11H14N6S. The molecule has 6 nitrogen and oxygen atoms in total. The molecule has 0 aliphatic carbocycles. The monoisotopic (exact) mass is 262 g/mol. The third-order valence-corrected chi connectivity index (χ3v) is 2.76. The number of pyridine rings is 1. The first-order chi connectivity index (χ1) is 8.75. The van der Waals surface area contributed by atoms with Crippen LogP contribution in [0.4, 0.5) is 5.69 Å². The van der Waals surface area contributed by atoms with Crippen molar-refractivity contribution in [2.24, 2.45) is 7.05 Å². The fraction of sp³-hybridized carbons (Fsp3) is 0.364. The van der Waals surface area contributed by atoms with Crippen LogP contribution >= 0.6 is 12.2 Å². The van der Waals surface area contributed by atoms with Crippen molar-refractivity contribution in [3.05, 3.63) is 30.4 Å². The number of aryl methyl sites for hydroxylation is 2. The number of tetrazole rings is 1. The van der Waals surface area contributed by atoms with Gasteiger partial charge >= 0.3 is 0 Å². The van der Waals surface area contributed by atoms with Crippen LogP contribution in [0, 0.1) is 0 Å². The highest BCUT2D eigenvalue weighted by molar-refractivity contribution is 7.80. The molecule has 2 rings (SSSR count). The van der Waals surface area contributed by atoms with Crippen molar-refractivity contribution in [3.63, 3.8) is 0 Å². The van der Waals surface area contributed by atoms with Gasteiger partial charge in [-0.3, -0.25) is 4.98 Å². The van der Waals surface area contributed by atoms with E-state index in [1.807, 2.05) is 19.2 Å². The Morgan fingerprint density at radius 3 is 3.06 bits per heavy atom. The van der Waals surface area contributed by atoms with Crippen molar-refractivity contribution in [3.8, 4) is 0 Å². The maximum Gasteiger partial charge on any atom is 0.150 e. The highest BCUT2D eigenvalue weighted by atomic mass is 32.1. The minimum atomic E-state index is 0.803. The first-order valence-corrected chi connectivity index (χ1v) is 6.07. The summed E-state index contributed by atoms with van der Waals surface area (Å²) >= 11 is 5.27. The minimum Gasteiger partial charge on any atom is -0.349 e. The van der Waals surface area contributed by atoms with Crippen LogP contribution in [0.1, 0.15) is 18.7 Å². The third kappa shape index (κ3) is 3.56. The molecule has 2 heterocycles. The summed E-state index contributed by atoms with van der Waals surface area (Å²) in [7, 11) is 1.83. The average Bonchev–Trinajstić information content (AvgIpc) is 2.76. The fourth-order valence-electron chi connectivity index (χ4n) is 1.53. The number of anilines is 1. The van der Waals surface area contributed by atoms with E-state index in [2.05, 4.69) is 25.8 Å². The fourth-order valence-corrected chi connectivity index (χ4v) is 1.79. The maximum atomic E-state index is 5.27. The van der Waals surface area contributed by atoms with Crippen LogP contribution in [0.15, 0.2) is 24.5 Å². The normalized spacial score (nSPS) is 10.3. The van der Waals surface area contributed by atoms with E-state index in [0.717, 1.165) is 35.8 Å². The van der Waals surface area contributed by atoms with Crippen LogP contribution in [0.2, 0.25) is 0 Å². The van der Waals surface area contributed by atoms with E-state index >= 15 is 0 Å². The molecule has 0 atom stereocenters. The first kappa shape index (κ1) is 12.6. The van der Waals surface area contributed by atoms with Gasteiger partial charge in [-0.15, -0.1) is 5.10 Å². The molecule has 0 aromatic carbocycles. The van der Waals surface area contributed by atoms with E-state index in [0.29, 0.717) is 0 Å². The molecule has 0 saturated carbocycles. The van der Waals surface area contributed by atoms with Crippen molar-refractivity contribution < 1.29 is 0 Å². The Morgan fingerprint density at radius 2 is 2.39 bits per heavy atom. The van der Waals surface area contributed by atoms with Gasteiger partial charge in [0.15, 0.2) is 5.82 Å². The molecule has 0 saturated heterocycles. The highest BCUT2D eigenvalue weighted by Gasteiger charge is 2.03. The van der Waals surface area contributed by atoms with Crippen LogP contribution in [-0.2, 0) is 13.5 Å². The summed E-state index contributed by atoms with van der Waals surface area (Å²) < 4.78 is 1.68. The number of nitrogens with one attached hydrogen (secondary N) is 1. The molecule has 2 aromatic rings. The summed E-state index contributed by atoms with van der Waals surface area (Å²) in [6.07, 6.45) is 6.02. The van der Waals surface area contributed by atoms with Gasteiger partial charge in [0.1, 0.15) is 0 Å². The summed E-state index contributed by atoms with van der Waals surface area (Å²) in [4.78, 5) is 4.82. The van der Waals surface area contributed by atoms with E-state index in [-0.39, 0.29) is 0 Å². The first-order valence-electron chi connectivity index (χ1n) is 5.67. The van der Waals surface area contributed by atoms with Gasteiger partial charge in [-0.05, 0) is 35.4 Å². The molecule has 2 aromatic heterocycles. The molecule has 0 bridgehead atoms. The van der Waals surface area contributed by atoms with Crippen molar-refractivity contribution in [1.82, 2.24) is 25.2 Å². The minimum absolute atomic E-state index is 0.803. The second-order valence-corrected chi connectivity index (χ2v) is 4.35. The standard InChI is InChI=1S/C11H14N6S/c1-17-10(14-15-16-17)5-2-6-11(18)13-9-4-3-7-12-8-9/h3-4,7-8H,2,5-6H2,1H3,(H,13,18). The molecule has 7 heteroatoms. The summed E-state index contributed by atoms with van der Waals surface area (Å²) in [5.41, 5.74) is 0.919. The number of rotatable bonds is 5. The lowest BCUT2D eigenvalue weighted by atomic mass is 10.2. The van der Waals surface area contributed by atoms with E-state index in [4.69, 9.17) is 12.2 Å². The quantitative estimate of drug-likeness (QED) is 0.821. The van der Waals surface area contributed by atoms with Crippen molar-refractivity contribution in [1.29, 1.82) is 0 Å². The predicted octanol–water partition coefficient (Wildman–Crippen LogP) is 1.37. The highest BCUT2D eigenvalue weighted by Crippen LogP contribution is 2.06. The molecule has 0 amide bonds. The van der Waals surface area contributed by atoms with Gasteiger partial charge < -0.3 is 5.32 Å². The van der Waals surface area contributed by atoms with Crippen LogP contribution in [0.25, 0.3) is 0 Å². The second-order valence-electron chi connectivity index (χ2n) is 3.86. The molecule has 1 N–H and O–H groups in total. The summed E-state index contributed by atoms with van der Waals surface area (Å²) in [5.74, 6) is 0.874. The van der Waals surface area contributed by atoms with Gasteiger partial charge in [0.05, 0.1) is 16.9 Å². The zero-order chi connectivity index (χ0) is 12.8. The van der Waals surface area contributed by atoms with Gasteiger partial charge in [0.2, 0.25) is 0 Å². The number of hydrogen-bond acceptors (Lipinski definition) is 5. The molecular weight excluding hydrogens is 248 g/mol. The van der Waals surface area contributed by atoms with E-state index in [1.165, 1.54) is 0 Å². The van der Waals surface area contributed by atoms with Crippen LogP contribution < -0.4 is 5.32 Å². The smallest absolute Gasteiger partial charge is 0.150 e. The molecule has 94 valence electrons. The van der Waals surface area contributed by atoms with Crippen molar-refractivity contribution >= 4 is 22.9 Å². The number of nitrogens with zero attached hydrogens (tertiary/aromatic N) is 5. The molecule has 0 unspecified atom stereocenters. The van der Waals surface area contributed by atoms with Crippen LogP contribution in [0.5, 0.6) is 0 Å². The maximum absolute atomic E-state index is 5.27. The zero-order valence-corrected chi connectivity index (χ0v) is 10.9. The van der Waals surface area contributed by atoms with Crippen molar-refractivity contribution in [2.75, 3.05) is 5.32 Å². The lowest BCUT2D eigenvalue weighted by Crippen LogP contribution is -2.10. The lowest BCUT2D eigenvalue weighted by molar-refractivity contribution is 0.664. The molecule has 0 radical (unpaired) electrons. The Hall–Kier alpha value is -1.89.